The molecule has 0 spiro atoms. The zero-order valence-electron chi connectivity index (χ0n) is 11.9. The summed E-state index contributed by atoms with van der Waals surface area (Å²) in [6.07, 6.45) is 4.92. The topological polar surface area (TPSA) is 59.1 Å². The number of nitrogens with one attached hydrogen (secondary N) is 1. The number of halogens is 2. The minimum atomic E-state index is -0.539. The Morgan fingerprint density at radius 2 is 2.27 bits per heavy atom. The highest BCUT2D eigenvalue weighted by Crippen LogP contribution is 2.32. The van der Waals surface area contributed by atoms with Gasteiger partial charge in [0.05, 0.1) is 18.6 Å². The maximum Gasteiger partial charge on any atom is 0.177 e. The molecule has 0 bridgehead atoms. The van der Waals surface area contributed by atoms with Crippen molar-refractivity contribution in [3.63, 3.8) is 0 Å². The molecule has 1 atom stereocenters. The molecule has 0 radical (unpaired) electrons. The molecule has 7 heteroatoms. The van der Waals surface area contributed by atoms with Crippen molar-refractivity contribution in [3.8, 4) is 0 Å². The SMILES string of the molecule is NC=NCc1c[nH]c(=S)n1C1CCc2c(F)cc(F)cc2C1. The predicted octanol–water partition coefficient (Wildman–Crippen LogP) is 3.04. The molecule has 1 unspecified atom stereocenters. The first-order valence-electron chi connectivity index (χ1n) is 7.05. The average Bonchev–Trinajstić information content (AvgIpc) is 2.85. The average molecular weight is 322 g/mol. The van der Waals surface area contributed by atoms with Gasteiger partial charge in [0.2, 0.25) is 0 Å². The van der Waals surface area contributed by atoms with E-state index in [4.69, 9.17) is 18.0 Å². The zero-order valence-corrected chi connectivity index (χ0v) is 12.7. The lowest BCUT2D eigenvalue weighted by Gasteiger charge is -2.27. The fourth-order valence-corrected chi connectivity index (χ4v) is 3.41. The Hall–Kier alpha value is -2.02. The number of nitrogens with zero attached hydrogens (tertiary/aromatic N) is 2. The summed E-state index contributed by atoms with van der Waals surface area (Å²) in [4.78, 5) is 7.03. The van der Waals surface area contributed by atoms with Crippen LogP contribution in [0.4, 0.5) is 8.78 Å². The third-order valence-electron chi connectivity index (χ3n) is 4.05. The number of hydrogen-bond donors (Lipinski definition) is 2. The van der Waals surface area contributed by atoms with Crippen LogP contribution in [-0.2, 0) is 19.4 Å². The number of benzene rings is 1. The van der Waals surface area contributed by atoms with Gasteiger partial charge in [-0.05, 0) is 48.7 Å². The number of rotatable bonds is 3. The molecule has 1 heterocycles. The second kappa shape index (κ2) is 6.00. The molecule has 0 aliphatic heterocycles. The van der Waals surface area contributed by atoms with E-state index in [0.29, 0.717) is 35.3 Å². The first kappa shape index (κ1) is 14.9. The van der Waals surface area contributed by atoms with Gasteiger partial charge in [-0.25, -0.2) is 8.78 Å². The van der Waals surface area contributed by atoms with Crippen molar-refractivity contribution in [1.29, 1.82) is 0 Å². The summed E-state index contributed by atoms with van der Waals surface area (Å²) in [5.74, 6) is -0.999. The van der Waals surface area contributed by atoms with Crippen LogP contribution >= 0.6 is 12.2 Å². The summed E-state index contributed by atoms with van der Waals surface area (Å²) in [5, 5.41) is 0. The summed E-state index contributed by atoms with van der Waals surface area (Å²) in [7, 11) is 0. The molecule has 116 valence electrons. The second-order valence-corrected chi connectivity index (χ2v) is 5.75. The monoisotopic (exact) mass is 322 g/mol. The molecule has 3 N–H and O–H groups in total. The maximum absolute atomic E-state index is 13.8. The summed E-state index contributed by atoms with van der Waals surface area (Å²) in [6, 6.07) is 2.43. The van der Waals surface area contributed by atoms with Crippen LogP contribution in [0.15, 0.2) is 23.3 Å². The molecule has 1 aliphatic rings. The molecule has 1 aliphatic carbocycles. The minimum Gasteiger partial charge on any atom is -0.390 e. The molecular weight excluding hydrogens is 306 g/mol. The van der Waals surface area contributed by atoms with E-state index in [2.05, 4.69) is 9.98 Å². The van der Waals surface area contributed by atoms with Crippen molar-refractivity contribution in [2.75, 3.05) is 0 Å². The van der Waals surface area contributed by atoms with Gasteiger partial charge in [0, 0.05) is 18.3 Å². The van der Waals surface area contributed by atoms with Crippen LogP contribution in [0.3, 0.4) is 0 Å². The Kier molecular flexibility index (Phi) is 4.06. The summed E-state index contributed by atoms with van der Waals surface area (Å²) in [6.45, 7) is 0.421. The number of fused-ring (bicyclic) bond motifs is 1. The quantitative estimate of drug-likeness (QED) is 0.518. The van der Waals surface area contributed by atoms with E-state index in [0.717, 1.165) is 18.2 Å². The van der Waals surface area contributed by atoms with E-state index in [9.17, 15) is 8.78 Å². The number of H-pyrrole nitrogens is 1. The molecular formula is C15H16F2N4S. The highest BCUT2D eigenvalue weighted by molar-refractivity contribution is 7.71. The number of imidazole rings is 1. The van der Waals surface area contributed by atoms with Crippen molar-refractivity contribution >= 4 is 18.6 Å². The molecule has 1 aromatic heterocycles. The van der Waals surface area contributed by atoms with E-state index in [1.54, 1.807) is 6.20 Å². The normalized spacial score (nSPS) is 17.8. The number of nitrogens with two attached hydrogens (primary N) is 1. The summed E-state index contributed by atoms with van der Waals surface area (Å²) in [5.41, 5.74) is 7.53. The van der Waals surface area contributed by atoms with E-state index in [1.165, 1.54) is 12.4 Å². The van der Waals surface area contributed by atoms with Crippen LogP contribution in [0.2, 0.25) is 0 Å². The summed E-state index contributed by atoms with van der Waals surface area (Å²) < 4.78 is 29.8. The van der Waals surface area contributed by atoms with Crippen LogP contribution in [0.25, 0.3) is 0 Å². The molecule has 1 aromatic carbocycles. The van der Waals surface area contributed by atoms with E-state index in [-0.39, 0.29) is 6.04 Å². The van der Waals surface area contributed by atoms with E-state index < -0.39 is 11.6 Å². The van der Waals surface area contributed by atoms with Gasteiger partial charge in [0.15, 0.2) is 4.77 Å². The molecule has 0 saturated heterocycles. The third-order valence-corrected chi connectivity index (χ3v) is 4.36. The van der Waals surface area contributed by atoms with Gasteiger partial charge in [-0.1, -0.05) is 0 Å². The first-order valence-corrected chi connectivity index (χ1v) is 7.46. The lowest BCUT2D eigenvalue weighted by molar-refractivity contribution is 0.416. The van der Waals surface area contributed by atoms with Gasteiger partial charge < -0.3 is 15.3 Å². The molecule has 0 fully saturated rings. The van der Waals surface area contributed by atoms with E-state index >= 15 is 0 Å². The zero-order chi connectivity index (χ0) is 15.7. The fourth-order valence-electron chi connectivity index (χ4n) is 3.09. The van der Waals surface area contributed by atoms with Crippen molar-refractivity contribution in [1.82, 2.24) is 9.55 Å². The molecule has 2 aromatic rings. The molecule has 3 rings (SSSR count). The fraction of sp³-hybridized carbons (Fsp3) is 0.333. The van der Waals surface area contributed by atoms with Gasteiger partial charge in [-0.3, -0.25) is 4.99 Å². The lowest BCUT2D eigenvalue weighted by atomic mass is 9.87. The van der Waals surface area contributed by atoms with Crippen molar-refractivity contribution < 1.29 is 8.78 Å². The smallest absolute Gasteiger partial charge is 0.177 e. The van der Waals surface area contributed by atoms with Crippen molar-refractivity contribution in [2.24, 2.45) is 10.7 Å². The highest BCUT2D eigenvalue weighted by Gasteiger charge is 2.25. The molecule has 0 amide bonds. The number of aromatic nitrogens is 2. The number of hydrogen-bond acceptors (Lipinski definition) is 2. The Labute approximate surface area is 131 Å². The number of aromatic amines is 1. The van der Waals surface area contributed by atoms with Crippen LogP contribution in [0.5, 0.6) is 0 Å². The molecule has 22 heavy (non-hydrogen) atoms. The standard InChI is InChI=1S/C15H16F2N4S/c16-10-3-9-4-11(1-2-13(9)14(17)5-10)21-12(6-19-8-18)7-20-15(21)22/h3,5,7-8,11H,1-2,4,6H2,(H2,18,19)(H,20,22). The van der Waals surface area contributed by atoms with Crippen LogP contribution in [0.1, 0.15) is 29.3 Å². The maximum atomic E-state index is 13.8. The Morgan fingerprint density at radius 3 is 3.05 bits per heavy atom. The van der Waals surface area contributed by atoms with Crippen LogP contribution in [-0.4, -0.2) is 15.9 Å². The minimum absolute atomic E-state index is 0.0652. The number of aliphatic imine (C=N–C) groups is 1. The van der Waals surface area contributed by atoms with Gasteiger partial charge in [0.1, 0.15) is 11.6 Å². The Bertz CT molecular complexity index is 778. The molecule has 4 nitrogen and oxygen atoms in total. The van der Waals surface area contributed by atoms with Crippen molar-refractivity contribution in [2.45, 2.75) is 31.8 Å². The van der Waals surface area contributed by atoms with Gasteiger partial charge >= 0.3 is 0 Å². The van der Waals surface area contributed by atoms with Crippen molar-refractivity contribution in [3.05, 3.63) is 51.6 Å². The van der Waals surface area contributed by atoms with Crippen LogP contribution < -0.4 is 5.73 Å². The van der Waals surface area contributed by atoms with Gasteiger partial charge in [0.25, 0.3) is 0 Å². The molecule has 0 saturated carbocycles. The first-order chi connectivity index (χ1) is 10.6. The second-order valence-electron chi connectivity index (χ2n) is 5.37. The Morgan fingerprint density at radius 1 is 1.45 bits per heavy atom. The van der Waals surface area contributed by atoms with Gasteiger partial charge in [-0.2, -0.15) is 0 Å². The van der Waals surface area contributed by atoms with E-state index in [1.807, 2.05) is 4.57 Å². The highest BCUT2D eigenvalue weighted by atomic mass is 32.1. The third kappa shape index (κ3) is 2.68. The lowest BCUT2D eigenvalue weighted by Crippen LogP contribution is -2.21. The predicted molar refractivity (Wildman–Crippen MR) is 83.4 cm³/mol. The largest absolute Gasteiger partial charge is 0.390 e. The van der Waals surface area contributed by atoms with Crippen LogP contribution in [0, 0.1) is 16.4 Å². The Balaban J connectivity index is 1.95. The summed E-state index contributed by atoms with van der Waals surface area (Å²) >= 11 is 5.33. The van der Waals surface area contributed by atoms with Gasteiger partial charge in [-0.15, -0.1) is 0 Å².